The summed E-state index contributed by atoms with van der Waals surface area (Å²) in [6, 6.07) is 6.12. The molecule has 0 spiro atoms. The Morgan fingerprint density at radius 3 is 2.95 bits per heavy atom. The van der Waals surface area contributed by atoms with Gasteiger partial charge in [0.1, 0.15) is 5.75 Å². The number of fused-ring (bicyclic) bond motifs is 1. The number of hydrogen-bond donors (Lipinski definition) is 3. The highest BCUT2D eigenvalue weighted by Gasteiger charge is 2.24. The Morgan fingerprint density at radius 2 is 2.26 bits per heavy atom. The fraction of sp³-hybridized carbons (Fsp3) is 0.500. The lowest BCUT2D eigenvalue weighted by Crippen LogP contribution is -2.34. The number of hydrogen-bond acceptors (Lipinski definition) is 4. The van der Waals surface area contributed by atoms with Gasteiger partial charge in [-0.1, -0.05) is 13.0 Å². The van der Waals surface area contributed by atoms with Crippen LogP contribution in [0.15, 0.2) is 18.2 Å². The van der Waals surface area contributed by atoms with Crippen LogP contribution in [0.5, 0.6) is 5.75 Å². The molecule has 1 aliphatic heterocycles. The van der Waals surface area contributed by atoms with E-state index in [-0.39, 0.29) is 11.9 Å². The number of carbonyl (C=O) groups is 1. The van der Waals surface area contributed by atoms with Crippen LogP contribution in [0.25, 0.3) is 0 Å². The summed E-state index contributed by atoms with van der Waals surface area (Å²) in [4.78, 5) is 11.6. The third-order valence-electron chi connectivity index (χ3n) is 3.28. The van der Waals surface area contributed by atoms with Gasteiger partial charge in [0.15, 0.2) is 6.10 Å². The van der Waals surface area contributed by atoms with Gasteiger partial charge in [-0.2, -0.15) is 0 Å². The van der Waals surface area contributed by atoms with Crippen LogP contribution in [0.2, 0.25) is 0 Å². The van der Waals surface area contributed by atoms with E-state index in [0.29, 0.717) is 0 Å². The Morgan fingerprint density at radius 1 is 1.47 bits per heavy atom. The van der Waals surface area contributed by atoms with Gasteiger partial charge in [-0.15, -0.1) is 0 Å². The summed E-state index contributed by atoms with van der Waals surface area (Å²) in [5.41, 5.74) is 1.87. The van der Waals surface area contributed by atoms with Gasteiger partial charge in [0, 0.05) is 12.6 Å². The minimum Gasteiger partial charge on any atom is -0.479 e. The third kappa shape index (κ3) is 3.05. The molecule has 1 amide bonds. The van der Waals surface area contributed by atoms with E-state index in [9.17, 15) is 4.79 Å². The lowest BCUT2D eigenvalue weighted by atomic mass is 10.0. The van der Waals surface area contributed by atoms with E-state index in [1.807, 2.05) is 25.2 Å². The van der Waals surface area contributed by atoms with Gasteiger partial charge in [-0.3, -0.25) is 4.79 Å². The van der Waals surface area contributed by atoms with Gasteiger partial charge in [0.25, 0.3) is 5.91 Å². The molecule has 0 saturated carbocycles. The topological polar surface area (TPSA) is 62.4 Å². The number of likely N-dealkylation sites (N-methyl/N-ethyl adjacent to an activating group) is 2. The minimum atomic E-state index is -0.430. The lowest BCUT2D eigenvalue weighted by molar-refractivity contribution is -0.122. The number of rotatable bonds is 5. The summed E-state index contributed by atoms with van der Waals surface area (Å²) in [6.07, 6.45) is -0.430. The summed E-state index contributed by atoms with van der Waals surface area (Å²) in [5.74, 6) is 0.631. The largest absolute Gasteiger partial charge is 0.479 e. The fourth-order valence-electron chi connectivity index (χ4n) is 2.12. The Kier molecular flexibility index (Phi) is 4.39. The first kappa shape index (κ1) is 13.8. The standard InChI is InChI=1S/C14H21N3O2/c1-4-16-8-12(15-3)10-5-6-13-11(7-10)17-14(18)9(2)19-13/h5-7,9,12,15-16H,4,8H2,1-3H3,(H,17,18). The smallest absolute Gasteiger partial charge is 0.265 e. The molecule has 0 saturated heterocycles. The summed E-state index contributed by atoms with van der Waals surface area (Å²) >= 11 is 0. The molecule has 104 valence electrons. The maximum atomic E-state index is 11.6. The first-order valence-corrected chi connectivity index (χ1v) is 6.65. The molecule has 5 heteroatoms. The summed E-state index contributed by atoms with van der Waals surface area (Å²) in [7, 11) is 1.93. The molecule has 2 unspecified atom stereocenters. The number of nitrogens with one attached hydrogen (secondary N) is 3. The molecule has 2 rings (SSSR count). The first-order chi connectivity index (χ1) is 9.15. The van der Waals surface area contributed by atoms with Crippen LogP contribution in [0.4, 0.5) is 5.69 Å². The second kappa shape index (κ2) is 6.04. The quantitative estimate of drug-likeness (QED) is 0.749. The van der Waals surface area contributed by atoms with Crippen molar-refractivity contribution in [3.05, 3.63) is 23.8 Å². The van der Waals surface area contributed by atoms with Crippen molar-refractivity contribution in [2.24, 2.45) is 0 Å². The summed E-state index contributed by atoms with van der Waals surface area (Å²) in [6.45, 7) is 5.60. The second-order valence-electron chi connectivity index (χ2n) is 4.65. The zero-order valence-corrected chi connectivity index (χ0v) is 11.6. The Bertz CT molecular complexity index is 462. The Labute approximate surface area is 113 Å². The summed E-state index contributed by atoms with van der Waals surface area (Å²) in [5, 5.41) is 9.45. The van der Waals surface area contributed by atoms with E-state index < -0.39 is 6.10 Å². The Hall–Kier alpha value is -1.59. The normalized spacial score (nSPS) is 19.3. The van der Waals surface area contributed by atoms with Crippen LogP contribution < -0.4 is 20.7 Å². The van der Waals surface area contributed by atoms with E-state index in [4.69, 9.17) is 4.74 Å². The molecule has 0 radical (unpaired) electrons. The number of amides is 1. The van der Waals surface area contributed by atoms with Crippen molar-refractivity contribution >= 4 is 11.6 Å². The number of carbonyl (C=O) groups excluding carboxylic acids is 1. The van der Waals surface area contributed by atoms with Crippen LogP contribution in [0.3, 0.4) is 0 Å². The van der Waals surface area contributed by atoms with Crippen LogP contribution in [0.1, 0.15) is 25.5 Å². The predicted octanol–water partition coefficient (Wildman–Crippen LogP) is 1.28. The highest BCUT2D eigenvalue weighted by molar-refractivity contribution is 5.97. The van der Waals surface area contributed by atoms with Crippen molar-refractivity contribution in [3.63, 3.8) is 0 Å². The van der Waals surface area contributed by atoms with Crippen LogP contribution in [-0.2, 0) is 4.79 Å². The van der Waals surface area contributed by atoms with Crippen LogP contribution in [-0.4, -0.2) is 32.1 Å². The van der Waals surface area contributed by atoms with Crippen molar-refractivity contribution in [3.8, 4) is 5.75 Å². The molecule has 5 nitrogen and oxygen atoms in total. The fourth-order valence-corrected chi connectivity index (χ4v) is 2.12. The van der Waals surface area contributed by atoms with Crippen molar-refractivity contribution in [2.75, 3.05) is 25.5 Å². The highest BCUT2D eigenvalue weighted by Crippen LogP contribution is 2.32. The van der Waals surface area contributed by atoms with Gasteiger partial charge in [-0.05, 0) is 38.2 Å². The van der Waals surface area contributed by atoms with E-state index in [1.165, 1.54) is 0 Å². The van der Waals surface area contributed by atoms with E-state index >= 15 is 0 Å². The average Bonchev–Trinajstić information content (AvgIpc) is 2.41. The van der Waals surface area contributed by atoms with Crippen LogP contribution >= 0.6 is 0 Å². The van der Waals surface area contributed by atoms with Gasteiger partial charge in [-0.25, -0.2) is 0 Å². The molecule has 1 heterocycles. The second-order valence-corrected chi connectivity index (χ2v) is 4.65. The van der Waals surface area contributed by atoms with Gasteiger partial charge in [0.05, 0.1) is 5.69 Å². The number of ether oxygens (including phenoxy) is 1. The minimum absolute atomic E-state index is 0.0997. The maximum Gasteiger partial charge on any atom is 0.265 e. The molecule has 0 aromatic heterocycles. The SMILES string of the molecule is CCNCC(NC)c1ccc2c(c1)NC(=O)C(C)O2. The molecule has 3 N–H and O–H groups in total. The molecule has 0 fully saturated rings. The number of benzene rings is 1. The lowest BCUT2D eigenvalue weighted by Gasteiger charge is -2.25. The van der Waals surface area contributed by atoms with Crippen molar-refractivity contribution in [1.82, 2.24) is 10.6 Å². The van der Waals surface area contributed by atoms with Crippen LogP contribution in [0, 0.1) is 0 Å². The van der Waals surface area contributed by atoms with E-state index in [1.54, 1.807) is 6.92 Å². The van der Waals surface area contributed by atoms with Gasteiger partial charge < -0.3 is 20.7 Å². The number of anilines is 1. The molecule has 0 aliphatic carbocycles. The first-order valence-electron chi connectivity index (χ1n) is 6.65. The molecule has 2 atom stereocenters. The molecule has 0 bridgehead atoms. The third-order valence-corrected chi connectivity index (χ3v) is 3.28. The zero-order valence-electron chi connectivity index (χ0n) is 11.6. The van der Waals surface area contributed by atoms with Crippen molar-refractivity contribution < 1.29 is 9.53 Å². The predicted molar refractivity (Wildman–Crippen MR) is 75.5 cm³/mol. The monoisotopic (exact) mass is 263 g/mol. The average molecular weight is 263 g/mol. The molecular formula is C14H21N3O2. The van der Waals surface area contributed by atoms with E-state index in [2.05, 4.69) is 22.9 Å². The van der Waals surface area contributed by atoms with E-state index in [0.717, 1.165) is 30.1 Å². The van der Waals surface area contributed by atoms with Gasteiger partial charge in [0.2, 0.25) is 0 Å². The van der Waals surface area contributed by atoms with Gasteiger partial charge >= 0.3 is 0 Å². The maximum absolute atomic E-state index is 11.6. The molecule has 1 aromatic rings. The molecule has 1 aliphatic rings. The zero-order chi connectivity index (χ0) is 13.8. The van der Waals surface area contributed by atoms with Crippen molar-refractivity contribution in [2.45, 2.75) is 26.0 Å². The Balaban J connectivity index is 2.20. The van der Waals surface area contributed by atoms with Crippen molar-refractivity contribution in [1.29, 1.82) is 0 Å². The molecule has 1 aromatic carbocycles. The molecular weight excluding hydrogens is 242 g/mol. The highest BCUT2D eigenvalue weighted by atomic mass is 16.5. The summed E-state index contributed by atoms with van der Waals surface area (Å²) < 4.78 is 5.55. The molecule has 19 heavy (non-hydrogen) atoms.